The first-order valence-corrected chi connectivity index (χ1v) is 8.86. The van der Waals surface area contributed by atoms with E-state index in [-0.39, 0.29) is 18.1 Å². The summed E-state index contributed by atoms with van der Waals surface area (Å²) in [4.78, 5) is 15.1. The summed E-state index contributed by atoms with van der Waals surface area (Å²) >= 11 is 0. The number of aryl methyl sites for hydroxylation is 1. The monoisotopic (exact) mass is 340 g/mol. The summed E-state index contributed by atoms with van der Waals surface area (Å²) in [7, 11) is 1.87. The zero-order chi connectivity index (χ0) is 17.4. The number of carbonyl (C=O) groups excluding carboxylic acids is 1. The maximum Gasteiger partial charge on any atom is 0.272 e. The SMILES string of the molecule is C[C@H]1CN2C[C@@H](NC(=O)c3cc(-c4ccccc4)n(C)n3)C[C@H]2CO1. The molecule has 6 heteroatoms. The van der Waals surface area contributed by atoms with E-state index in [4.69, 9.17) is 4.74 Å². The van der Waals surface area contributed by atoms with Gasteiger partial charge in [-0.2, -0.15) is 5.10 Å². The molecule has 3 atom stereocenters. The normalized spacial score (nSPS) is 26.4. The number of hydrogen-bond acceptors (Lipinski definition) is 4. The molecule has 6 nitrogen and oxygen atoms in total. The predicted molar refractivity (Wildman–Crippen MR) is 95.3 cm³/mol. The minimum Gasteiger partial charge on any atom is -0.376 e. The first-order valence-electron chi connectivity index (χ1n) is 8.86. The summed E-state index contributed by atoms with van der Waals surface area (Å²) in [6, 6.07) is 12.4. The third-order valence-electron chi connectivity index (χ3n) is 5.11. The number of hydrogen-bond donors (Lipinski definition) is 1. The molecule has 0 unspecified atom stereocenters. The largest absolute Gasteiger partial charge is 0.376 e. The Morgan fingerprint density at radius 1 is 1.28 bits per heavy atom. The molecule has 0 spiro atoms. The molecular formula is C19H24N4O2. The lowest BCUT2D eigenvalue weighted by Gasteiger charge is -2.33. The van der Waals surface area contributed by atoms with E-state index in [9.17, 15) is 4.79 Å². The maximum absolute atomic E-state index is 12.6. The van der Waals surface area contributed by atoms with Gasteiger partial charge in [-0.05, 0) is 25.0 Å². The van der Waals surface area contributed by atoms with Crippen LogP contribution in [0.1, 0.15) is 23.8 Å². The minimum absolute atomic E-state index is 0.100. The van der Waals surface area contributed by atoms with Gasteiger partial charge in [0, 0.05) is 32.2 Å². The second kappa shape index (κ2) is 6.61. The number of amides is 1. The Kier molecular flexibility index (Phi) is 4.31. The first kappa shape index (κ1) is 16.3. The second-order valence-corrected chi connectivity index (χ2v) is 7.06. The van der Waals surface area contributed by atoms with Crippen LogP contribution in [0.4, 0.5) is 0 Å². The van der Waals surface area contributed by atoms with Gasteiger partial charge in [0.2, 0.25) is 0 Å². The van der Waals surface area contributed by atoms with Crippen molar-refractivity contribution in [3.8, 4) is 11.3 Å². The van der Waals surface area contributed by atoms with Crippen molar-refractivity contribution in [1.82, 2.24) is 20.0 Å². The van der Waals surface area contributed by atoms with Gasteiger partial charge >= 0.3 is 0 Å². The highest BCUT2D eigenvalue weighted by molar-refractivity contribution is 5.93. The molecule has 3 heterocycles. The number of nitrogens with zero attached hydrogens (tertiary/aromatic N) is 3. The molecule has 2 aliphatic heterocycles. The maximum atomic E-state index is 12.6. The predicted octanol–water partition coefficient (Wildman–Crippen LogP) is 1.68. The van der Waals surface area contributed by atoms with E-state index in [1.54, 1.807) is 4.68 Å². The van der Waals surface area contributed by atoms with Crippen molar-refractivity contribution in [3.05, 3.63) is 42.1 Å². The molecular weight excluding hydrogens is 316 g/mol. The van der Waals surface area contributed by atoms with Gasteiger partial charge in [-0.1, -0.05) is 30.3 Å². The molecule has 1 N–H and O–H groups in total. The Morgan fingerprint density at radius 3 is 2.88 bits per heavy atom. The third kappa shape index (κ3) is 3.32. The average Bonchev–Trinajstić information content (AvgIpc) is 3.18. The van der Waals surface area contributed by atoms with Gasteiger partial charge in [0.1, 0.15) is 0 Å². The Morgan fingerprint density at radius 2 is 2.08 bits per heavy atom. The number of nitrogens with one attached hydrogen (secondary N) is 1. The second-order valence-electron chi connectivity index (χ2n) is 7.06. The average molecular weight is 340 g/mol. The number of benzene rings is 1. The Balaban J connectivity index is 1.44. The quantitative estimate of drug-likeness (QED) is 0.924. The van der Waals surface area contributed by atoms with Crippen LogP contribution in [0, 0.1) is 0 Å². The van der Waals surface area contributed by atoms with Gasteiger partial charge in [-0.15, -0.1) is 0 Å². The third-order valence-corrected chi connectivity index (χ3v) is 5.11. The molecule has 1 aromatic carbocycles. The summed E-state index contributed by atoms with van der Waals surface area (Å²) < 4.78 is 7.49. The number of morpholine rings is 1. The van der Waals surface area contributed by atoms with E-state index < -0.39 is 0 Å². The van der Waals surface area contributed by atoms with Crippen molar-refractivity contribution in [2.75, 3.05) is 19.7 Å². The fourth-order valence-electron chi connectivity index (χ4n) is 3.86. The van der Waals surface area contributed by atoms with Gasteiger partial charge in [0.25, 0.3) is 5.91 Å². The van der Waals surface area contributed by atoms with Crippen LogP contribution in [-0.2, 0) is 11.8 Å². The highest BCUT2D eigenvalue weighted by atomic mass is 16.5. The lowest BCUT2D eigenvalue weighted by Crippen LogP contribution is -2.45. The molecule has 25 heavy (non-hydrogen) atoms. The summed E-state index contributed by atoms with van der Waals surface area (Å²) in [5, 5.41) is 7.54. The highest BCUT2D eigenvalue weighted by Gasteiger charge is 2.37. The lowest BCUT2D eigenvalue weighted by atomic mass is 10.1. The van der Waals surface area contributed by atoms with Crippen molar-refractivity contribution in [2.24, 2.45) is 7.05 Å². The lowest BCUT2D eigenvalue weighted by molar-refractivity contribution is -0.0390. The number of ether oxygens (including phenoxy) is 1. The summed E-state index contributed by atoms with van der Waals surface area (Å²) in [5.74, 6) is -0.100. The van der Waals surface area contributed by atoms with Gasteiger partial charge in [-0.3, -0.25) is 14.4 Å². The highest BCUT2D eigenvalue weighted by Crippen LogP contribution is 2.24. The molecule has 0 radical (unpaired) electrons. The summed E-state index contributed by atoms with van der Waals surface area (Å²) in [5.41, 5.74) is 2.47. The smallest absolute Gasteiger partial charge is 0.272 e. The topological polar surface area (TPSA) is 59.4 Å². The molecule has 2 saturated heterocycles. The Bertz CT molecular complexity index is 758. The standard InChI is InChI=1S/C19H24N4O2/c1-13-10-23-11-15(8-16(23)12-25-13)20-19(24)17-9-18(22(2)21-17)14-6-4-3-5-7-14/h3-7,9,13,15-16H,8,10-12H2,1-2H3,(H,20,24)/t13-,15-,16-/m0/s1. The van der Waals surface area contributed by atoms with Crippen molar-refractivity contribution in [1.29, 1.82) is 0 Å². The summed E-state index contributed by atoms with van der Waals surface area (Å²) in [6.45, 7) is 4.69. The fraction of sp³-hybridized carbons (Fsp3) is 0.474. The molecule has 0 aliphatic carbocycles. The fourth-order valence-corrected chi connectivity index (χ4v) is 3.86. The zero-order valence-corrected chi connectivity index (χ0v) is 14.7. The summed E-state index contributed by atoms with van der Waals surface area (Å²) in [6.07, 6.45) is 1.21. The van der Waals surface area contributed by atoms with Gasteiger partial charge in [0.05, 0.1) is 18.4 Å². The van der Waals surface area contributed by atoms with Gasteiger partial charge < -0.3 is 10.1 Å². The number of rotatable bonds is 3. The van der Waals surface area contributed by atoms with Crippen molar-refractivity contribution in [2.45, 2.75) is 31.5 Å². The molecule has 1 aromatic heterocycles. The number of aromatic nitrogens is 2. The molecule has 0 bridgehead atoms. The van der Waals surface area contributed by atoms with Gasteiger partial charge in [0.15, 0.2) is 5.69 Å². The zero-order valence-electron chi connectivity index (χ0n) is 14.7. The van der Waals surface area contributed by atoms with Crippen LogP contribution in [0.2, 0.25) is 0 Å². The molecule has 1 amide bonds. The molecule has 2 aromatic rings. The van der Waals surface area contributed by atoms with Gasteiger partial charge in [-0.25, -0.2) is 0 Å². The number of fused-ring (bicyclic) bond motifs is 1. The van der Waals surface area contributed by atoms with Crippen molar-refractivity contribution >= 4 is 5.91 Å². The van der Waals surface area contributed by atoms with E-state index in [1.165, 1.54) is 0 Å². The first-order chi connectivity index (χ1) is 12.1. The van der Waals surface area contributed by atoms with Crippen LogP contribution >= 0.6 is 0 Å². The van der Waals surface area contributed by atoms with E-state index >= 15 is 0 Å². The van der Waals surface area contributed by atoms with Crippen molar-refractivity contribution in [3.63, 3.8) is 0 Å². The molecule has 132 valence electrons. The molecule has 0 saturated carbocycles. The van der Waals surface area contributed by atoms with E-state index in [2.05, 4.69) is 22.2 Å². The van der Waals surface area contributed by atoms with Crippen LogP contribution in [0.15, 0.2) is 36.4 Å². The van der Waals surface area contributed by atoms with Crippen LogP contribution < -0.4 is 5.32 Å². The van der Waals surface area contributed by atoms with Crippen LogP contribution in [-0.4, -0.2) is 58.5 Å². The van der Waals surface area contributed by atoms with Crippen LogP contribution in [0.3, 0.4) is 0 Å². The minimum atomic E-state index is -0.100. The van der Waals surface area contributed by atoms with E-state index in [1.807, 2.05) is 43.4 Å². The van der Waals surface area contributed by atoms with Crippen LogP contribution in [0.5, 0.6) is 0 Å². The Hall–Kier alpha value is -2.18. The Labute approximate surface area is 147 Å². The van der Waals surface area contributed by atoms with Crippen molar-refractivity contribution < 1.29 is 9.53 Å². The number of carbonyl (C=O) groups is 1. The molecule has 2 aliphatic rings. The van der Waals surface area contributed by atoms with Crippen LogP contribution in [0.25, 0.3) is 11.3 Å². The van der Waals surface area contributed by atoms with E-state index in [0.717, 1.165) is 37.4 Å². The van der Waals surface area contributed by atoms with E-state index in [0.29, 0.717) is 11.7 Å². The molecule has 2 fully saturated rings. The molecule has 4 rings (SSSR count).